The van der Waals surface area contributed by atoms with E-state index in [-0.39, 0.29) is 11.3 Å². The van der Waals surface area contributed by atoms with Crippen molar-refractivity contribution in [2.45, 2.75) is 34.9 Å². The molecule has 1 aliphatic rings. The van der Waals surface area contributed by atoms with E-state index in [2.05, 4.69) is 16.4 Å². The summed E-state index contributed by atoms with van der Waals surface area (Å²) in [6.07, 6.45) is 6.00. The van der Waals surface area contributed by atoms with Gasteiger partial charge in [-0.05, 0) is 43.7 Å². The molecule has 0 radical (unpaired) electrons. The summed E-state index contributed by atoms with van der Waals surface area (Å²) in [5.74, 6) is 0. The standard InChI is InChI=1S/C14H18N2O2S3/c1-19-14-16-10-7-6-9(8-12(10)20-14)15-11-4-3-5-13(11)21(2,17)18/h6-8,11,13,15H,3-5H2,1-2H3. The molecule has 1 aromatic heterocycles. The van der Waals surface area contributed by atoms with E-state index in [9.17, 15) is 8.42 Å². The van der Waals surface area contributed by atoms with Gasteiger partial charge in [-0.15, -0.1) is 11.3 Å². The van der Waals surface area contributed by atoms with Gasteiger partial charge < -0.3 is 5.32 Å². The smallest absolute Gasteiger partial charge is 0.152 e. The molecule has 114 valence electrons. The second kappa shape index (κ2) is 5.78. The number of rotatable bonds is 4. The zero-order valence-corrected chi connectivity index (χ0v) is 14.4. The van der Waals surface area contributed by atoms with Gasteiger partial charge in [-0.2, -0.15) is 0 Å². The number of anilines is 1. The van der Waals surface area contributed by atoms with Gasteiger partial charge in [0.25, 0.3) is 0 Å². The van der Waals surface area contributed by atoms with Crippen molar-refractivity contribution in [3.8, 4) is 0 Å². The summed E-state index contributed by atoms with van der Waals surface area (Å²) < 4.78 is 25.9. The minimum Gasteiger partial charge on any atom is -0.381 e. The first-order valence-electron chi connectivity index (χ1n) is 6.87. The van der Waals surface area contributed by atoms with E-state index in [1.807, 2.05) is 18.4 Å². The van der Waals surface area contributed by atoms with Crippen LogP contribution in [0.4, 0.5) is 5.69 Å². The average Bonchev–Trinajstić information content (AvgIpc) is 3.03. The Morgan fingerprint density at radius 3 is 2.90 bits per heavy atom. The van der Waals surface area contributed by atoms with Gasteiger partial charge in [0.1, 0.15) is 0 Å². The Hall–Kier alpha value is -0.790. The van der Waals surface area contributed by atoms with Gasteiger partial charge in [0, 0.05) is 18.0 Å². The average molecular weight is 343 g/mol. The van der Waals surface area contributed by atoms with Crippen molar-refractivity contribution in [1.82, 2.24) is 4.98 Å². The van der Waals surface area contributed by atoms with Crippen LogP contribution in [0, 0.1) is 0 Å². The second-order valence-corrected chi connectivity index (χ2v) is 9.76. The number of nitrogens with one attached hydrogen (secondary N) is 1. The lowest BCUT2D eigenvalue weighted by Crippen LogP contribution is -2.34. The van der Waals surface area contributed by atoms with Gasteiger partial charge in [-0.1, -0.05) is 11.8 Å². The maximum atomic E-state index is 11.8. The third-order valence-electron chi connectivity index (χ3n) is 3.90. The molecule has 0 bridgehead atoms. The van der Waals surface area contributed by atoms with Gasteiger partial charge in [0.2, 0.25) is 0 Å². The fraction of sp³-hybridized carbons (Fsp3) is 0.500. The first-order valence-corrected chi connectivity index (χ1v) is 10.9. The molecule has 1 saturated carbocycles. The number of benzene rings is 1. The number of thiazole rings is 1. The molecule has 0 aliphatic heterocycles. The summed E-state index contributed by atoms with van der Waals surface area (Å²) in [4.78, 5) is 4.52. The van der Waals surface area contributed by atoms with E-state index in [0.29, 0.717) is 0 Å². The normalized spacial score (nSPS) is 22.8. The predicted molar refractivity (Wildman–Crippen MR) is 91.3 cm³/mol. The Bertz CT molecular complexity index is 755. The Labute approximate surface area is 133 Å². The lowest BCUT2D eigenvalue weighted by molar-refractivity contribution is 0.579. The molecule has 1 aliphatic carbocycles. The molecule has 0 saturated heterocycles. The number of hydrogen-bond donors (Lipinski definition) is 1. The van der Waals surface area contributed by atoms with Crippen molar-refractivity contribution in [2.75, 3.05) is 17.8 Å². The molecular weight excluding hydrogens is 324 g/mol. The first-order chi connectivity index (χ1) is 9.97. The highest BCUT2D eigenvalue weighted by Gasteiger charge is 2.34. The van der Waals surface area contributed by atoms with Crippen LogP contribution in [0.5, 0.6) is 0 Å². The van der Waals surface area contributed by atoms with Crippen molar-refractivity contribution in [3.63, 3.8) is 0 Å². The zero-order valence-electron chi connectivity index (χ0n) is 12.0. The highest BCUT2D eigenvalue weighted by molar-refractivity contribution is 8.00. The number of nitrogens with zero attached hydrogens (tertiary/aromatic N) is 1. The lowest BCUT2D eigenvalue weighted by Gasteiger charge is -2.20. The maximum Gasteiger partial charge on any atom is 0.152 e. The number of aromatic nitrogens is 1. The second-order valence-electron chi connectivity index (χ2n) is 5.42. The van der Waals surface area contributed by atoms with Gasteiger partial charge in [-0.3, -0.25) is 0 Å². The van der Waals surface area contributed by atoms with E-state index in [0.717, 1.165) is 39.5 Å². The number of sulfone groups is 1. The van der Waals surface area contributed by atoms with E-state index in [1.54, 1.807) is 23.1 Å². The van der Waals surface area contributed by atoms with Crippen molar-refractivity contribution in [1.29, 1.82) is 0 Å². The molecule has 7 heteroatoms. The van der Waals surface area contributed by atoms with Crippen molar-refractivity contribution >= 4 is 48.8 Å². The maximum absolute atomic E-state index is 11.8. The summed E-state index contributed by atoms with van der Waals surface area (Å²) in [6, 6.07) is 6.08. The third-order valence-corrected chi connectivity index (χ3v) is 7.57. The van der Waals surface area contributed by atoms with Crippen LogP contribution in [-0.4, -0.2) is 37.2 Å². The van der Waals surface area contributed by atoms with Crippen LogP contribution in [0.1, 0.15) is 19.3 Å². The molecule has 3 rings (SSSR count). The Balaban J connectivity index is 1.84. The molecule has 1 N–H and O–H groups in total. The van der Waals surface area contributed by atoms with Gasteiger partial charge >= 0.3 is 0 Å². The largest absolute Gasteiger partial charge is 0.381 e. The molecule has 4 nitrogen and oxygen atoms in total. The van der Waals surface area contributed by atoms with Gasteiger partial charge in [-0.25, -0.2) is 13.4 Å². The lowest BCUT2D eigenvalue weighted by atomic mass is 10.2. The number of thioether (sulfide) groups is 1. The molecule has 0 amide bonds. The molecule has 1 fully saturated rings. The van der Waals surface area contributed by atoms with Crippen LogP contribution in [0.25, 0.3) is 10.2 Å². The Morgan fingerprint density at radius 2 is 2.19 bits per heavy atom. The zero-order chi connectivity index (χ0) is 15.0. The molecule has 2 atom stereocenters. The van der Waals surface area contributed by atoms with Crippen LogP contribution < -0.4 is 5.32 Å². The number of hydrogen-bond acceptors (Lipinski definition) is 6. The number of fused-ring (bicyclic) bond motifs is 1. The van der Waals surface area contributed by atoms with Crippen molar-refractivity contribution in [3.05, 3.63) is 18.2 Å². The molecule has 0 spiro atoms. The van der Waals surface area contributed by atoms with Crippen LogP contribution in [-0.2, 0) is 9.84 Å². The topological polar surface area (TPSA) is 59.1 Å². The van der Waals surface area contributed by atoms with Crippen LogP contribution >= 0.6 is 23.1 Å². The quantitative estimate of drug-likeness (QED) is 0.863. The minimum atomic E-state index is -2.99. The van der Waals surface area contributed by atoms with Crippen molar-refractivity contribution in [2.24, 2.45) is 0 Å². The van der Waals surface area contributed by atoms with Crippen LogP contribution in [0.3, 0.4) is 0 Å². The Morgan fingerprint density at radius 1 is 1.38 bits per heavy atom. The SMILES string of the molecule is CSc1nc2ccc(NC3CCCC3S(C)(=O)=O)cc2s1. The predicted octanol–water partition coefficient (Wildman–Crippen LogP) is 3.40. The van der Waals surface area contributed by atoms with Crippen LogP contribution in [0.2, 0.25) is 0 Å². The minimum absolute atomic E-state index is 0.0189. The molecular formula is C14H18N2O2S3. The fourth-order valence-corrected chi connectivity index (χ4v) is 5.82. The van der Waals surface area contributed by atoms with Crippen LogP contribution in [0.15, 0.2) is 22.5 Å². The Kier molecular flexibility index (Phi) is 4.16. The van der Waals surface area contributed by atoms with E-state index in [4.69, 9.17) is 0 Å². The third kappa shape index (κ3) is 3.19. The summed E-state index contributed by atoms with van der Waals surface area (Å²) >= 11 is 3.31. The van der Waals surface area contributed by atoms with Crippen molar-refractivity contribution < 1.29 is 8.42 Å². The fourth-order valence-electron chi connectivity index (χ4n) is 2.90. The highest BCUT2D eigenvalue weighted by Crippen LogP contribution is 2.32. The summed E-state index contributed by atoms with van der Waals surface area (Å²) in [5.41, 5.74) is 1.99. The summed E-state index contributed by atoms with van der Waals surface area (Å²) in [6.45, 7) is 0. The molecule has 2 aromatic rings. The van der Waals surface area contributed by atoms with E-state index < -0.39 is 9.84 Å². The molecule has 1 heterocycles. The highest BCUT2D eigenvalue weighted by atomic mass is 32.2. The summed E-state index contributed by atoms with van der Waals surface area (Å²) in [5, 5.41) is 3.14. The van der Waals surface area contributed by atoms with Gasteiger partial charge in [0.15, 0.2) is 14.2 Å². The first kappa shape index (κ1) is 15.1. The summed E-state index contributed by atoms with van der Waals surface area (Å²) in [7, 11) is -2.99. The van der Waals surface area contributed by atoms with E-state index in [1.165, 1.54) is 6.26 Å². The van der Waals surface area contributed by atoms with Gasteiger partial charge in [0.05, 0.1) is 15.5 Å². The monoisotopic (exact) mass is 342 g/mol. The molecule has 2 unspecified atom stereocenters. The molecule has 1 aromatic carbocycles. The van der Waals surface area contributed by atoms with E-state index >= 15 is 0 Å². The molecule has 21 heavy (non-hydrogen) atoms.